The van der Waals surface area contributed by atoms with Gasteiger partial charge >= 0.3 is 0 Å². The van der Waals surface area contributed by atoms with E-state index < -0.39 is 6.10 Å². The van der Waals surface area contributed by atoms with E-state index in [2.05, 4.69) is 15.9 Å². The van der Waals surface area contributed by atoms with E-state index in [4.69, 9.17) is 11.6 Å². The molecule has 1 aromatic rings. The molecule has 1 aliphatic rings. The lowest BCUT2D eigenvalue weighted by molar-refractivity contribution is 0.157. The maximum Gasteiger partial charge on any atom is 0.0804 e. The molecule has 1 nitrogen and oxygen atoms in total. The fraction of sp³-hybridized carbons (Fsp3) is 0.571. The van der Waals surface area contributed by atoms with Crippen molar-refractivity contribution in [2.45, 2.75) is 44.6 Å². The van der Waals surface area contributed by atoms with Crippen molar-refractivity contribution in [2.24, 2.45) is 5.92 Å². The average Bonchev–Trinajstić information content (AvgIpc) is 2.78. The van der Waals surface area contributed by atoms with E-state index in [0.717, 1.165) is 28.8 Å². The zero-order valence-electron chi connectivity index (χ0n) is 9.83. The van der Waals surface area contributed by atoms with Crippen molar-refractivity contribution >= 4 is 27.5 Å². The van der Waals surface area contributed by atoms with Crippen LogP contribution in [0.25, 0.3) is 0 Å². The number of aliphatic hydroxyl groups excluding tert-OH is 1. The summed E-state index contributed by atoms with van der Waals surface area (Å²) in [5.41, 5.74) is 0.855. The third-order valence-corrected chi connectivity index (χ3v) is 4.47. The molecule has 1 unspecified atom stereocenters. The smallest absolute Gasteiger partial charge is 0.0804 e. The molecule has 1 atom stereocenters. The van der Waals surface area contributed by atoms with Crippen LogP contribution < -0.4 is 0 Å². The molecule has 0 aliphatic heterocycles. The van der Waals surface area contributed by atoms with Crippen LogP contribution in [0.4, 0.5) is 0 Å². The summed E-state index contributed by atoms with van der Waals surface area (Å²) in [4.78, 5) is 0. The molecule has 3 heteroatoms. The van der Waals surface area contributed by atoms with Crippen LogP contribution >= 0.6 is 27.5 Å². The second-order valence-corrected chi connectivity index (χ2v) is 6.23. The Morgan fingerprint density at radius 3 is 2.71 bits per heavy atom. The van der Waals surface area contributed by atoms with Crippen molar-refractivity contribution in [1.29, 1.82) is 0 Å². The van der Waals surface area contributed by atoms with Crippen LogP contribution in [0.5, 0.6) is 0 Å². The number of benzene rings is 1. The van der Waals surface area contributed by atoms with Gasteiger partial charge in [0.25, 0.3) is 0 Å². The molecule has 94 valence electrons. The van der Waals surface area contributed by atoms with E-state index in [1.54, 1.807) is 0 Å². The first kappa shape index (κ1) is 13.4. The van der Waals surface area contributed by atoms with E-state index in [-0.39, 0.29) is 0 Å². The molecular formula is C14H18BrClO. The molecule has 0 amide bonds. The van der Waals surface area contributed by atoms with E-state index in [0.29, 0.717) is 5.02 Å². The monoisotopic (exact) mass is 316 g/mol. The normalized spacial score (nSPS) is 18.5. The van der Waals surface area contributed by atoms with Crippen LogP contribution in [0.3, 0.4) is 0 Å². The minimum absolute atomic E-state index is 0.420. The Labute approximate surface area is 116 Å². The van der Waals surface area contributed by atoms with Crippen LogP contribution in [0.15, 0.2) is 22.7 Å². The Balaban J connectivity index is 1.91. The maximum absolute atomic E-state index is 10.2. The quantitative estimate of drug-likeness (QED) is 0.818. The summed E-state index contributed by atoms with van der Waals surface area (Å²) in [6.07, 6.45) is 6.91. The Morgan fingerprint density at radius 2 is 2.06 bits per heavy atom. The predicted molar refractivity (Wildman–Crippen MR) is 75.3 cm³/mol. The zero-order chi connectivity index (χ0) is 12.3. The lowest BCUT2D eigenvalue weighted by Gasteiger charge is -2.15. The molecule has 1 aliphatic carbocycles. The van der Waals surface area contributed by atoms with E-state index >= 15 is 0 Å². The lowest BCUT2D eigenvalue weighted by atomic mass is 9.96. The first-order valence-corrected chi connectivity index (χ1v) is 7.47. The number of hydrogen-bond donors (Lipinski definition) is 1. The third-order valence-electron chi connectivity index (χ3n) is 3.64. The van der Waals surface area contributed by atoms with E-state index in [1.807, 2.05) is 18.2 Å². The third kappa shape index (κ3) is 3.70. The fourth-order valence-corrected chi connectivity index (χ4v) is 3.42. The van der Waals surface area contributed by atoms with Gasteiger partial charge in [0.05, 0.1) is 6.10 Å². The second kappa shape index (κ2) is 6.21. The van der Waals surface area contributed by atoms with Crippen molar-refractivity contribution in [3.8, 4) is 0 Å². The number of hydrogen-bond acceptors (Lipinski definition) is 1. The summed E-state index contributed by atoms with van der Waals surface area (Å²) in [6, 6.07) is 5.68. The van der Waals surface area contributed by atoms with Crippen LogP contribution in [-0.4, -0.2) is 5.11 Å². The summed E-state index contributed by atoms with van der Waals surface area (Å²) in [5, 5.41) is 10.8. The summed E-state index contributed by atoms with van der Waals surface area (Å²) in [7, 11) is 0. The molecule has 0 saturated heterocycles. The van der Waals surface area contributed by atoms with Crippen LogP contribution in [0.2, 0.25) is 5.02 Å². The molecule has 0 aromatic heterocycles. The molecular weight excluding hydrogens is 300 g/mol. The molecule has 1 saturated carbocycles. The van der Waals surface area contributed by atoms with Gasteiger partial charge in [0.15, 0.2) is 0 Å². The molecule has 0 bridgehead atoms. The van der Waals surface area contributed by atoms with Gasteiger partial charge in [-0.1, -0.05) is 59.3 Å². The molecule has 17 heavy (non-hydrogen) atoms. The topological polar surface area (TPSA) is 20.2 Å². The first-order valence-electron chi connectivity index (χ1n) is 6.30. The van der Waals surface area contributed by atoms with Gasteiger partial charge in [0.1, 0.15) is 0 Å². The predicted octanol–water partition coefficient (Wildman–Crippen LogP) is 5.11. The molecule has 0 spiro atoms. The standard InChI is InChI=1S/C14H18BrClO/c15-11-6-7-12(13(16)9-11)14(17)8-5-10-3-1-2-4-10/h6-7,9-10,14,17H,1-5,8H2. The van der Waals surface area contributed by atoms with Crippen molar-refractivity contribution in [3.63, 3.8) is 0 Å². The summed E-state index contributed by atoms with van der Waals surface area (Å²) in [5.74, 6) is 0.818. The largest absolute Gasteiger partial charge is 0.388 e. The Morgan fingerprint density at radius 1 is 1.35 bits per heavy atom. The average molecular weight is 318 g/mol. The number of rotatable bonds is 4. The highest BCUT2D eigenvalue weighted by atomic mass is 79.9. The summed E-state index contributed by atoms with van der Waals surface area (Å²) >= 11 is 9.50. The molecule has 0 radical (unpaired) electrons. The van der Waals surface area contributed by atoms with Gasteiger partial charge in [-0.2, -0.15) is 0 Å². The Bertz CT molecular complexity index is 374. The van der Waals surface area contributed by atoms with E-state index in [9.17, 15) is 5.11 Å². The lowest BCUT2D eigenvalue weighted by Crippen LogP contribution is -2.02. The highest BCUT2D eigenvalue weighted by molar-refractivity contribution is 9.10. The molecule has 1 N–H and O–H groups in total. The van der Waals surface area contributed by atoms with Crippen LogP contribution in [-0.2, 0) is 0 Å². The van der Waals surface area contributed by atoms with Crippen molar-refractivity contribution in [1.82, 2.24) is 0 Å². The Kier molecular flexibility index (Phi) is 4.89. The first-order chi connectivity index (χ1) is 8.16. The summed E-state index contributed by atoms with van der Waals surface area (Å²) < 4.78 is 0.953. The molecule has 2 rings (SSSR count). The van der Waals surface area contributed by atoms with Gasteiger partial charge < -0.3 is 5.11 Å². The van der Waals surface area contributed by atoms with Crippen molar-refractivity contribution in [2.75, 3.05) is 0 Å². The van der Waals surface area contributed by atoms with Gasteiger partial charge in [-0.3, -0.25) is 0 Å². The molecule has 1 fully saturated rings. The summed E-state index contributed by atoms with van der Waals surface area (Å²) in [6.45, 7) is 0. The van der Waals surface area contributed by atoms with Gasteiger partial charge in [-0.05, 0) is 36.5 Å². The van der Waals surface area contributed by atoms with E-state index in [1.165, 1.54) is 25.7 Å². The minimum Gasteiger partial charge on any atom is -0.388 e. The van der Waals surface area contributed by atoms with Crippen molar-refractivity contribution < 1.29 is 5.11 Å². The van der Waals surface area contributed by atoms with Crippen LogP contribution in [0.1, 0.15) is 50.2 Å². The highest BCUT2D eigenvalue weighted by Gasteiger charge is 2.18. The number of halogens is 2. The van der Waals surface area contributed by atoms with Gasteiger partial charge in [-0.25, -0.2) is 0 Å². The molecule has 0 heterocycles. The second-order valence-electron chi connectivity index (χ2n) is 4.91. The van der Waals surface area contributed by atoms with Gasteiger partial charge in [0.2, 0.25) is 0 Å². The SMILES string of the molecule is OC(CCC1CCCC1)c1ccc(Br)cc1Cl. The zero-order valence-corrected chi connectivity index (χ0v) is 12.2. The Hall–Kier alpha value is -0.0500. The molecule has 1 aromatic carbocycles. The number of aliphatic hydroxyl groups is 1. The minimum atomic E-state index is -0.420. The fourth-order valence-electron chi connectivity index (χ4n) is 2.62. The van der Waals surface area contributed by atoms with Crippen LogP contribution in [0, 0.1) is 5.92 Å². The highest BCUT2D eigenvalue weighted by Crippen LogP contribution is 2.33. The van der Waals surface area contributed by atoms with Gasteiger partial charge in [-0.15, -0.1) is 0 Å². The van der Waals surface area contributed by atoms with Crippen molar-refractivity contribution in [3.05, 3.63) is 33.3 Å². The maximum atomic E-state index is 10.2. The van der Waals surface area contributed by atoms with Gasteiger partial charge in [0, 0.05) is 9.50 Å².